The van der Waals surface area contributed by atoms with E-state index in [1.165, 1.54) is 11.3 Å². The van der Waals surface area contributed by atoms with Gasteiger partial charge >= 0.3 is 6.03 Å². The number of anilines is 1. The number of hydrogen-bond donors (Lipinski definition) is 1. The number of hydrogen-bond acceptors (Lipinski definition) is 5. The van der Waals surface area contributed by atoms with Gasteiger partial charge in [-0.1, -0.05) is 0 Å². The Bertz CT molecular complexity index is 704. The summed E-state index contributed by atoms with van der Waals surface area (Å²) in [6.45, 7) is 3.14. The number of amides is 2. The smallest absolute Gasteiger partial charge is 0.318 e. The Hall–Kier alpha value is -2.09. The molecule has 2 aromatic rings. The first-order chi connectivity index (χ1) is 11.7. The zero-order chi connectivity index (χ0) is 16.5. The van der Waals surface area contributed by atoms with Crippen LogP contribution in [-0.4, -0.2) is 51.9 Å². The van der Waals surface area contributed by atoms with Crippen molar-refractivity contribution in [2.45, 2.75) is 25.3 Å². The van der Waals surface area contributed by atoms with Crippen molar-refractivity contribution >= 4 is 22.5 Å². The fourth-order valence-electron chi connectivity index (χ4n) is 3.57. The highest BCUT2D eigenvalue weighted by Crippen LogP contribution is 2.29. The van der Waals surface area contributed by atoms with Crippen molar-refractivity contribution in [2.24, 2.45) is 7.05 Å². The maximum Gasteiger partial charge on any atom is 0.318 e. The number of fused-ring (bicyclic) bond motifs is 1. The Labute approximate surface area is 145 Å². The van der Waals surface area contributed by atoms with Crippen molar-refractivity contribution in [2.75, 3.05) is 31.1 Å². The van der Waals surface area contributed by atoms with Crippen LogP contribution in [0.4, 0.5) is 9.93 Å². The Morgan fingerprint density at radius 2 is 2.17 bits per heavy atom. The monoisotopic (exact) mass is 346 g/mol. The summed E-state index contributed by atoms with van der Waals surface area (Å²) in [5, 5.41) is 10.6. The second kappa shape index (κ2) is 6.43. The topological polar surface area (TPSA) is 66.3 Å². The van der Waals surface area contributed by atoms with Crippen molar-refractivity contribution in [1.29, 1.82) is 0 Å². The summed E-state index contributed by atoms with van der Waals surface area (Å²) in [6.07, 6.45) is 6.86. The van der Waals surface area contributed by atoms with Gasteiger partial charge < -0.3 is 15.1 Å². The number of carbonyl (C=O) groups excluding carboxylic acids is 1. The summed E-state index contributed by atoms with van der Waals surface area (Å²) in [7, 11) is 1.97. The van der Waals surface area contributed by atoms with Gasteiger partial charge in [0.2, 0.25) is 0 Å². The van der Waals surface area contributed by atoms with E-state index in [0.29, 0.717) is 0 Å². The number of nitrogens with one attached hydrogen (secondary N) is 1. The highest BCUT2D eigenvalue weighted by atomic mass is 32.1. The van der Waals surface area contributed by atoms with Crippen molar-refractivity contribution in [3.63, 3.8) is 0 Å². The maximum atomic E-state index is 12.6. The molecule has 0 bridgehead atoms. The highest BCUT2D eigenvalue weighted by Gasteiger charge is 2.28. The molecule has 8 heteroatoms. The quantitative estimate of drug-likeness (QED) is 0.900. The summed E-state index contributed by atoms with van der Waals surface area (Å²) in [4.78, 5) is 21.1. The molecule has 1 saturated heterocycles. The van der Waals surface area contributed by atoms with Gasteiger partial charge in [-0.25, -0.2) is 9.78 Å². The lowest BCUT2D eigenvalue weighted by Gasteiger charge is -2.35. The minimum Gasteiger partial charge on any atom is -0.345 e. The third-order valence-corrected chi connectivity index (χ3v) is 5.76. The molecule has 1 aliphatic heterocycles. The number of rotatable bonds is 2. The van der Waals surface area contributed by atoms with Crippen LogP contribution in [0, 0.1) is 0 Å². The van der Waals surface area contributed by atoms with Crippen molar-refractivity contribution in [1.82, 2.24) is 25.0 Å². The van der Waals surface area contributed by atoms with E-state index < -0.39 is 0 Å². The maximum absolute atomic E-state index is 12.6. The predicted octanol–water partition coefficient (Wildman–Crippen LogP) is 1.79. The average molecular weight is 346 g/mol. The fraction of sp³-hybridized carbons (Fsp3) is 0.562. The van der Waals surface area contributed by atoms with E-state index in [-0.39, 0.29) is 12.1 Å². The molecule has 7 nitrogen and oxygen atoms in total. The van der Waals surface area contributed by atoms with E-state index in [0.717, 1.165) is 50.6 Å². The van der Waals surface area contributed by atoms with Crippen LogP contribution in [0.25, 0.3) is 0 Å². The molecule has 1 aliphatic carbocycles. The fourth-order valence-corrected chi connectivity index (χ4v) is 4.27. The molecule has 0 spiro atoms. The van der Waals surface area contributed by atoms with Crippen LogP contribution in [0.5, 0.6) is 0 Å². The Balaban J connectivity index is 1.36. The summed E-state index contributed by atoms with van der Waals surface area (Å²) in [5.74, 6) is 0. The molecule has 1 fully saturated rings. The molecule has 0 aromatic carbocycles. The van der Waals surface area contributed by atoms with E-state index in [4.69, 9.17) is 0 Å². The summed E-state index contributed by atoms with van der Waals surface area (Å²) >= 11 is 1.65. The molecule has 2 aromatic heterocycles. The second-order valence-corrected chi connectivity index (χ2v) is 7.23. The standard InChI is InChI=1S/C16H22N6OS/c1-20-14-4-2-3-13(12(14)11-18-20)19-15(23)21-6-8-22(9-7-21)16-17-5-10-24-16/h5,10-11,13H,2-4,6-9H2,1H3,(H,19,23)/t13-/m0/s1. The van der Waals surface area contributed by atoms with Gasteiger partial charge in [-0.05, 0) is 19.3 Å². The Morgan fingerprint density at radius 1 is 1.33 bits per heavy atom. The van der Waals surface area contributed by atoms with Crippen LogP contribution in [0.1, 0.15) is 30.1 Å². The van der Waals surface area contributed by atoms with Crippen molar-refractivity contribution in [3.05, 3.63) is 29.0 Å². The number of urea groups is 1. The average Bonchev–Trinajstić information content (AvgIpc) is 3.26. The number of carbonyl (C=O) groups is 1. The van der Waals surface area contributed by atoms with Crippen molar-refractivity contribution in [3.8, 4) is 0 Å². The zero-order valence-corrected chi connectivity index (χ0v) is 14.6. The van der Waals surface area contributed by atoms with E-state index >= 15 is 0 Å². The normalized spacial score (nSPS) is 20.8. The van der Waals surface area contributed by atoms with E-state index in [2.05, 4.69) is 20.3 Å². The van der Waals surface area contributed by atoms with Gasteiger partial charge in [-0.3, -0.25) is 4.68 Å². The third-order valence-electron chi connectivity index (χ3n) is 4.93. The lowest BCUT2D eigenvalue weighted by atomic mass is 9.93. The molecule has 1 N–H and O–H groups in total. The highest BCUT2D eigenvalue weighted by molar-refractivity contribution is 7.13. The van der Waals surface area contributed by atoms with Gasteiger partial charge in [0.1, 0.15) is 0 Å². The zero-order valence-electron chi connectivity index (χ0n) is 13.8. The summed E-state index contributed by atoms with van der Waals surface area (Å²) < 4.78 is 1.93. The molecule has 0 saturated carbocycles. The molecule has 0 unspecified atom stereocenters. The van der Waals surface area contributed by atoms with Gasteiger partial charge in [0.05, 0.1) is 12.2 Å². The van der Waals surface area contributed by atoms with Crippen LogP contribution in [0.2, 0.25) is 0 Å². The lowest BCUT2D eigenvalue weighted by Crippen LogP contribution is -2.52. The van der Waals surface area contributed by atoms with Crippen molar-refractivity contribution < 1.29 is 4.79 Å². The van der Waals surface area contributed by atoms with Crippen LogP contribution >= 0.6 is 11.3 Å². The van der Waals surface area contributed by atoms with Crippen LogP contribution < -0.4 is 10.2 Å². The van der Waals surface area contributed by atoms with Gasteiger partial charge in [0, 0.05) is 56.1 Å². The molecule has 3 heterocycles. The molecule has 0 radical (unpaired) electrons. The Kier molecular flexibility index (Phi) is 4.13. The lowest BCUT2D eigenvalue weighted by molar-refractivity contribution is 0.189. The minimum absolute atomic E-state index is 0.0375. The van der Waals surface area contributed by atoms with Crippen LogP contribution in [0.15, 0.2) is 17.8 Å². The van der Waals surface area contributed by atoms with Gasteiger partial charge in [-0.15, -0.1) is 11.3 Å². The first-order valence-electron chi connectivity index (χ1n) is 8.43. The summed E-state index contributed by atoms with van der Waals surface area (Å²) in [6, 6.07) is 0.127. The molecular weight excluding hydrogens is 324 g/mol. The second-order valence-electron chi connectivity index (χ2n) is 6.35. The predicted molar refractivity (Wildman–Crippen MR) is 93.3 cm³/mol. The van der Waals surface area contributed by atoms with E-state index in [1.807, 2.05) is 34.4 Å². The third kappa shape index (κ3) is 2.86. The first kappa shape index (κ1) is 15.4. The van der Waals surface area contributed by atoms with Gasteiger partial charge in [-0.2, -0.15) is 5.10 Å². The first-order valence-corrected chi connectivity index (χ1v) is 9.31. The molecule has 2 amide bonds. The van der Waals surface area contributed by atoms with Crippen LogP contribution in [0.3, 0.4) is 0 Å². The summed E-state index contributed by atoms with van der Waals surface area (Å²) in [5.41, 5.74) is 2.43. The molecule has 2 aliphatic rings. The minimum atomic E-state index is 0.0375. The van der Waals surface area contributed by atoms with E-state index in [1.54, 1.807) is 11.3 Å². The molecule has 128 valence electrons. The van der Waals surface area contributed by atoms with Gasteiger partial charge in [0.25, 0.3) is 0 Å². The molecule has 1 atom stereocenters. The number of aryl methyl sites for hydroxylation is 1. The largest absolute Gasteiger partial charge is 0.345 e. The molecular formula is C16H22N6OS. The molecule has 24 heavy (non-hydrogen) atoms. The van der Waals surface area contributed by atoms with Gasteiger partial charge in [0.15, 0.2) is 5.13 Å². The molecule has 4 rings (SSSR count). The number of thiazole rings is 1. The SMILES string of the molecule is Cn1ncc2c1CCC[C@@H]2NC(=O)N1CCN(c2nccs2)CC1. The number of nitrogens with zero attached hydrogens (tertiary/aromatic N) is 5. The van der Waals surface area contributed by atoms with E-state index in [9.17, 15) is 4.79 Å². The number of aromatic nitrogens is 3. The number of piperazine rings is 1. The van der Waals surface area contributed by atoms with Crippen LogP contribution in [-0.2, 0) is 13.5 Å². The Morgan fingerprint density at radius 3 is 2.92 bits per heavy atom.